The van der Waals surface area contributed by atoms with Gasteiger partial charge in [-0.25, -0.2) is 4.79 Å². The van der Waals surface area contributed by atoms with Crippen molar-refractivity contribution in [1.29, 1.82) is 0 Å². The van der Waals surface area contributed by atoms with Crippen molar-refractivity contribution in [2.24, 2.45) is 0 Å². The summed E-state index contributed by atoms with van der Waals surface area (Å²) < 4.78 is 5.54. The molecule has 2 aromatic rings. The number of amides is 1. The standard InChI is InChI=1S/C21H25NO4/c1-15(2)26-14-17-9-11-18(12-10-17)20(23)22(3)19(21(24)25)13-16-7-5-4-6-8-16/h4-12,15,19H,13-14H2,1-3H3,(H,24,25). The fraction of sp³-hybridized carbons (Fsp3) is 0.333. The Labute approximate surface area is 154 Å². The zero-order valence-electron chi connectivity index (χ0n) is 15.4. The second-order valence-corrected chi connectivity index (χ2v) is 6.52. The number of rotatable bonds is 8. The van der Waals surface area contributed by atoms with Crippen molar-refractivity contribution in [2.75, 3.05) is 7.05 Å². The predicted octanol–water partition coefficient (Wildman–Crippen LogP) is 3.38. The monoisotopic (exact) mass is 355 g/mol. The lowest BCUT2D eigenvalue weighted by molar-refractivity contribution is -0.141. The highest BCUT2D eigenvalue weighted by molar-refractivity contribution is 5.96. The summed E-state index contributed by atoms with van der Waals surface area (Å²) >= 11 is 0. The largest absolute Gasteiger partial charge is 0.480 e. The SMILES string of the molecule is CC(C)OCc1ccc(C(=O)N(C)C(Cc2ccccc2)C(=O)O)cc1. The van der Waals surface area contributed by atoms with Crippen molar-refractivity contribution in [1.82, 2.24) is 4.90 Å². The van der Waals surface area contributed by atoms with Gasteiger partial charge in [0.1, 0.15) is 6.04 Å². The van der Waals surface area contributed by atoms with E-state index in [1.165, 1.54) is 11.9 Å². The van der Waals surface area contributed by atoms with Crippen molar-refractivity contribution in [2.45, 2.75) is 39.0 Å². The van der Waals surface area contributed by atoms with Crippen LogP contribution in [0.2, 0.25) is 0 Å². The molecule has 0 bridgehead atoms. The van der Waals surface area contributed by atoms with Gasteiger partial charge in [0, 0.05) is 19.0 Å². The zero-order valence-corrected chi connectivity index (χ0v) is 15.4. The van der Waals surface area contributed by atoms with E-state index in [9.17, 15) is 14.7 Å². The first kappa shape index (κ1) is 19.7. The molecule has 2 rings (SSSR count). The molecule has 138 valence electrons. The molecule has 0 saturated heterocycles. The molecular formula is C21H25NO4. The summed E-state index contributed by atoms with van der Waals surface area (Å²) in [5, 5.41) is 9.56. The maximum Gasteiger partial charge on any atom is 0.326 e. The van der Waals surface area contributed by atoms with Gasteiger partial charge in [0.05, 0.1) is 12.7 Å². The maximum absolute atomic E-state index is 12.7. The smallest absolute Gasteiger partial charge is 0.326 e. The van der Waals surface area contributed by atoms with Crippen molar-refractivity contribution in [3.8, 4) is 0 Å². The predicted molar refractivity (Wildman–Crippen MR) is 100 cm³/mol. The second-order valence-electron chi connectivity index (χ2n) is 6.52. The minimum absolute atomic E-state index is 0.136. The van der Waals surface area contributed by atoms with Gasteiger partial charge in [-0.15, -0.1) is 0 Å². The molecule has 0 aliphatic heterocycles. The van der Waals surface area contributed by atoms with Crippen molar-refractivity contribution >= 4 is 11.9 Å². The topological polar surface area (TPSA) is 66.8 Å². The van der Waals surface area contributed by atoms with Crippen LogP contribution in [-0.2, 0) is 22.6 Å². The molecule has 0 heterocycles. The van der Waals surface area contributed by atoms with Gasteiger partial charge >= 0.3 is 5.97 Å². The first-order valence-corrected chi connectivity index (χ1v) is 8.63. The maximum atomic E-state index is 12.7. The molecule has 1 unspecified atom stereocenters. The number of carbonyl (C=O) groups is 2. The first-order chi connectivity index (χ1) is 12.4. The van der Waals surface area contributed by atoms with Gasteiger partial charge in [-0.1, -0.05) is 42.5 Å². The number of benzene rings is 2. The average Bonchev–Trinajstić information content (AvgIpc) is 2.64. The summed E-state index contributed by atoms with van der Waals surface area (Å²) in [7, 11) is 1.53. The Morgan fingerprint density at radius 3 is 2.15 bits per heavy atom. The van der Waals surface area contributed by atoms with E-state index in [-0.39, 0.29) is 18.4 Å². The molecule has 1 atom stereocenters. The molecule has 0 saturated carbocycles. The number of carbonyl (C=O) groups excluding carboxylic acids is 1. The molecule has 5 nitrogen and oxygen atoms in total. The second kappa shape index (κ2) is 9.15. The molecule has 2 aromatic carbocycles. The molecule has 0 aromatic heterocycles. The normalized spacial score (nSPS) is 12.0. The van der Waals surface area contributed by atoms with Gasteiger partial charge in [-0.05, 0) is 37.1 Å². The van der Waals surface area contributed by atoms with Crippen molar-refractivity contribution in [3.63, 3.8) is 0 Å². The number of hydrogen-bond donors (Lipinski definition) is 1. The number of carboxylic acid groups (broad SMARTS) is 1. The van der Waals surface area contributed by atoms with E-state index in [1.807, 2.05) is 56.3 Å². The van der Waals surface area contributed by atoms with Crippen LogP contribution in [0.15, 0.2) is 54.6 Å². The first-order valence-electron chi connectivity index (χ1n) is 8.63. The van der Waals surface area contributed by atoms with E-state index in [4.69, 9.17) is 4.74 Å². The van der Waals surface area contributed by atoms with Crippen LogP contribution in [0, 0.1) is 0 Å². The molecular weight excluding hydrogens is 330 g/mol. The summed E-state index contributed by atoms with van der Waals surface area (Å²) in [6.07, 6.45) is 0.399. The van der Waals surface area contributed by atoms with Gasteiger partial charge in [-0.2, -0.15) is 0 Å². The minimum atomic E-state index is -1.02. The lowest BCUT2D eigenvalue weighted by atomic mass is 10.0. The van der Waals surface area contributed by atoms with Crippen LogP contribution < -0.4 is 0 Å². The summed E-state index contributed by atoms with van der Waals surface area (Å²) in [5.74, 6) is -1.34. The lowest BCUT2D eigenvalue weighted by Gasteiger charge is -2.25. The Hall–Kier alpha value is -2.66. The van der Waals surface area contributed by atoms with Gasteiger partial charge < -0.3 is 14.7 Å². The highest BCUT2D eigenvalue weighted by atomic mass is 16.5. The number of carboxylic acids is 1. The molecule has 5 heteroatoms. The third-order valence-electron chi connectivity index (χ3n) is 4.13. The Balaban J connectivity index is 2.09. The summed E-state index contributed by atoms with van der Waals surface area (Å²) in [6, 6.07) is 15.5. The Kier molecular flexibility index (Phi) is 6.92. The Morgan fingerprint density at radius 2 is 1.62 bits per heavy atom. The summed E-state index contributed by atoms with van der Waals surface area (Å²) in [6.45, 7) is 4.41. The number of aliphatic carboxylic acids is 1. The summed E-state index contributed by atoms with van der Waals surface area (Å²) in [4.78, 5) is 25.6. The van der Waals surface area contributed by atoms with Gasteiger partial charge in [0.25, 0.3) is 5.91 Å². The van der Waals surface area contributed by atoms with Crippen LogP contribution in [-0.4, -0.2) is 41.1 Å². The molecule has 0 radical (unpaired) electrons. The Morgan fingerprint density at radius 1 is 1.00 bits per heavy atom. The molecule has 0 spiro atoms. The Bertz CT molecular complexity index is 725. The highest BCUT2D eigenvalue weighted by Gasteiger charge is 2.27. The van der Waals surface area contributed by atoms with E-state index in [0.717, 1.165) is 11.1 Å². The van der Waals surface area contributed by atoms with E-state index in [2.05, 4.69) is 0 Å². The molecule has 0 fully saturated rings. The zero-order chi connectivity index (χ0) is 19.1. The van der Waals surface area contributed by atoms with Crippen LogP contribution in [0.5, 0.6) is 0 Å². The number of ether oxygens (including phenoxy) is 1. The molecule has 1 amide bonds. The van der Waals surface area contributed by atoms with Crippen molar-refractivity contribution in [3.05, 3.63) is 71.3 Å². The average molecular weight is 355 g/mol. The van der Waals surface area contributed by atoms with E-state index in [1.54, 1.807) is 12.1 Å². The fourth-order valence-electron chi connectivity index (χ4n) is 2.58. The van der Waals surface area contributed by atoms with Crippen LogP contribution >= 0.6 is 0 Å². The molecule has 1 N–H and O–H groups in total. The number of nitrogens with zero attached hydrogens (tertiary/aromatic N) is 1. The van der Waals surface area contributed by atoms with Crippen LogP contribution in [0.1, 0.15) is 35.3 Å². The van der Waals surface area contributed by atoms with E-state index in [0.29, 0.717) is 12.2 Å². The summed E-state index contributed by atoms with van der Waals surface area (Å²) in [5.41, 5.74) is 2.30. The lowest BCUT2D eigenvalue weighted by Crippen LogP contribution is -2.43. The van der Waals surface area contributed by atoms with Gasteiger partial charge in [-0.3, -0.25) is 4.79 Å². The minimum Gasteiger partial charge on any atom is -0.480 e. The third kappa shape index (κ3) is 5.43. The third-order valence-corrected chi connectivity index (χ3v) is 4.13. The van der Waals surface area contributed by atoms with Crippen LogP contribution in [0.3, 0.4) is 0 Å². The highest BCUT2D eigenvalue weighted by Crippen LogP contribution is 2.14. The van der Waals surface area contributed by atoms with E-state index < -0.39 is 12.0 Å². The van der Waals surface area contributed by atoms with Crippen LogP contribution in [0.25, 0.3) is 0 Å². The fourth-order valence-corrected chi connectivity index (χ4v) is 2.58. The van der Waals surface area contributed by atoms with E-state index >= 15 is 0 Å². The quantitative estimate of drug-likeness (QED) is 0.788. The number of likely N-dealkylation sites (N-methyl/N-ethyl adjacent to an activating group) is 1. The van der Waals surface area contributed by atoms with Gasteiger partial charge in [0.2, 0.25) is 0 Å². The van der Waals surface area contributed by atoms with Crippen molar-refractivity contribution < 1.29 is 19.4 Å². The van der Waals surface area contributed by atoms with Gasteiger partial charge in [0.15, 0.2) is 0 Å². The molecule has 0 aliphatic carbocycles. The molecule has 26 heavy (non-hydrogen) atoms. The van der Waals surface area contributed by atoms with Crippen LogP contribution in [0.4, 0.5) is 0 Å². The number of hydrogen-bond acceptors (Lipinski definition) is 3. The molecule has 0 aliphatic rings.